The third-order valence-corrected chi connectivity index (χ3v) is 5.01. The van der Waals surface area contributed by atoms with Crippen molar-refractivity contribution in [3.05, 3.63) is 99.5 Å². The second-order valence-corrected chi connectivity index (χ2v) is 6.95. The molecule has 0 spiro atoms. The predicted octanol–water partition coefficient (Wildman–Crippen LogP) is 3.32. The minimum atomic E-state index is -0.0276. The van der Waals surface area contributed by atoms with E-state index < -0.39 is 0 Å². The zero-order chi connectivity index (χ0) is 18.5. The molecule has 0 amide bonds. The quantitative estimate of drug-likeness (QED) is 0.733. The summed E-state index contributed by atoms with van der Waals surface area (Å²) in [6.07, 6.45) is 3.76. The number of aryl methyl sites for hydroxylation is 2. The second kappa shape index (κ2) is 8.23. The fourth-order valence-corrected chi connectivity index (χ4v) is 3.44. The number of fused-ring (bicyclic) bond motifs is 1. The summed E-state index contributed by atoms with van der Waals surface area (Å²) >= 11 is 0. The molecule has 2 heterocycles. The molecule has 4 nitrogen and oxygen atoms in total. The van der Waals surface area contributed by atoms with Crippen molar-refractivity contribution in [3.8, 4) is 5.75 Å². The number of nitrogens with one attached hydrogen (secondary N) is 1. The lowest BCUT2D eigenvalue weighted by molar-refractivity contribution is 0.305. The van der Waals surface area contributed by atoms with Gasteiger partial charge in [-0.05, 0) is 47.7 Å². The van der Waals surface area contributed by atoms with E-state index >= 15 is 0 Å². The highest BCUT2D eigenvalue weighted by Gasteiger charge is 2.09. The van der Waals surface area contributed by atoms with Crippen LogP contribution in [0.15, 0.2) is 71.7 Å². The minimum absolute atomic E-state index is 0.0276. The van der Waals surface area contributed by atoms with Crippen molar-refractivity contribution >= 4 is 0 Å². The van der Waals surface area contributed by atoms with E-state index in [9.17, 15) is 4.79 Å². The molecule has 0 atom stereocenters. The van der Waals surface area contributed by atoms with Gasteiger partial charge in [0.05, 0.1) is 0 Å². The summed E-state index contributed by atoms with van der Waals surface area (Å²) < 4.78 is 7.48. The van der Waals surface area contributed by atoms with Crippen molar-refractivity contribution < 1.29 is 4.74 Å². The average molecular weight is 360 g/mol. The lowest BCUT2D eigenvalue weighted by Gasteiger charge is -2.18. The van der Waals surface area contributed by atoms with Gasteiger partial charge in [-0.2, -0.15) is 0 Å². The first kappa shape index (κ1) is 17.6. The van der Waals surface area contributed by atoms with Crippen LogP contribution in [0.1, 0.15) is 22.3 Å². The Labute approximate surface area is 159 Å². The Kier molecular flexibility index (Phi) is 5.35. The van der Waals surface area contributed by atoms with Crippen molar-refractivity contribution in [2.24, 2.45) is 0 Å². The van der Waals surface area contributed by atoms with Gasteiger partial charge in [-0.3, -0.25) is 4.79 Å². The monoisotopic (exact) mass is 360 g/mol. The third-order valence-electron chi connectivity index (χ3n) is 5.01. The lowest BCUT2D eigenvalue weighted by atomic mass is 9.97. The molecule has 0 saturated carbocycles. The summed E-state index contributed by atoms with van der Waals surface area (Å²) in [5.74, 6) is 0.611. The van der Waals surface area contributed by atoms with Crippen molar-refractivity contribution in [1.29, 1.82) is 0 Å². The molecule has 2 aromatic carbocycles. The standard InChI is InChI=1S/C23H24N2O2/c26-23-15-22(27-17-19-4-2-1-3-5-19)10-13-25(23)12-9-18-6-7-20-8-11-24-16-21(20)14-18/h1-7,10,13-15,24H,8-9,11-12,16-17H2. The van der Waals surface area contributed by atoms with Crippen LogP contribution in [-0.2, 0) is 32.5 Å². The number of hydrogen-bond donors (Lipinski definition) is 1. The van der Waals surface area contributed by atoms with E-state index in [0.717, 1.165) is 31.5 Å². The van der Waals surface area contributed by atoms with Crippen LogP contribution in [0.5, 0.6) is 5.75 Å². The van der Waals surface area contributed by atoms with Crippen molar-refractivity contribution in [3.63, 3.8) is 0 Å². The Bertz CT molecular complexity index is 964. The van der Waals surface area contributed by atoms with Gasteiger partial charge < -0.3 is 14.6 Å². The van der Waals surface area contributed by atoms with Crippen LogP contribution < -0.4 is 15.6 Å². The first-order chi connectivity index (χ1) is 13.3. The van der Waals surface area contributed by atoms with Gasteiger partial charge in [0.2, 0.25) is 0 Å². The van der Waals surface area contributed by atoms with E-state index in [1.807, 2.05) is 42.6 Å². The van der Waals surface area contributed by atoms with E-state index in [0.29, 0.717) is 18.9 Å². The number of nitrogens with zero attached hydrogens (tertiary/aromatic N) is 1. The SMILES string of the molecule is O=c1cc(OCc2ccccc2)ccn1CCc1ccc2c(c1)CNCC2. The van der Waals surface area contributed by atoms with Gasteiger partial charge in [0.1, 0.15) is 12.4 Å². The third kappa shape index (κ3) is 4.47. The van der Waals surface area contributed by atoms with Gasteiger partial charge in [-0.15, -0.1) is 0 Å². The van der Waals surface area contributed by atoms with Gasteiger partial charge in [-0.25, -0.2) is 0 Å². The largest absolute Gasteiger partial charge is 0.489 e. The molecule has 0 fully saturated rings. The molecule has 3 aromatic rings. The van der Waals surface area contributed by atoms with Gasteiger partial charge in [0.25, 0.3) is 5.56 Å². The molecule has 1 aliphatic heterocycles. The topological polar surface area (TPSA) is 43.3 Å². The number of aromatic nitrogens is 1. The van der Waals surface area contributed by atoms with Crippen LogP contribution in [0.25, 0.3) is 0 Å². The normalized spacial score (nSPS) is 13.2. The summed E-state index contributed by atoms with van der Waals surface area (Å²) in [7, 11) is 0. The number of hydrogen-bond acceptors (Lipinski definition) is 3. The fraction of sp³-hybridized carbons (Fsp3) is 0.261. The Balaban J connectivity index is 1.37. The zero-order valence-corrected chi connectivity index (χ0v) is 15.4. The van der Waals surface area contributed by atoms with Crippen molar-refractivity contribution in [2.45, 2.75) is 32.5 Å². The molecule has 0 radical (unpaired) electrons. The molecule has 4 heteroatoms. The number of pyridine rings is 1. The van der Waals surface area contributed by atoms with E-state index in [-0.39, 0.29) is 5.56 Å². The first-order valence-corrected chi connectivity index (χ1v) is 9.46. The molecule has 1 aliphatic rings. The van der Waals surface area contributed by atoms with Gasteiger partial charge >= 0.3 is 0 Å². The Hall–Kier alpha value is -2.85. The van der Waals surface area contributed by atoms with Gasteiger partial charge in [0.15, 0.2) is 0 Å². The van der Waals surface area contributed by atoms with Crippen molar-refractivity contribution in [1.82, 2.24) is 9.88 Å². The maximum atomic E-state index is 12.4. The lowest BCUT2D eigenvalue weighted by Crippen LogP contribution is -2.24. The molecule has 138 valence electrons. The Morgan fingerprint density at radius 3 is 2.70 bits per heavy atom. The van der Waals surface area contributed by atoms with E-state index in [1.54, 1.807) is 10.6 Å². The van der Waals surface area contributed by atoms with Gasteiger partial charge in [0, 0.05) is 25.4 Å². The minimum Gasteiger partial charge on any atom is -0.489 e. The second-order valence-electron chi connectivity index (χ2n) is 6.95. The molecule has 0 bridgehead atoms. The average Bonchev–Trinajstić information content (AvgIpc) is 2.72. The molecule has 0 unspecified atom stereocenters. The summed E-state index contributed by atoms with van der Waals surface area (Å²) in [5.41, 5.74) is 5.16. The van der Waals surface area contributed by atoms with Crippen LogP contribution in [-0.4, -0.2) is 11.1 Å². The maximum Gasteiger partial charge on any atom is 0.254 e. The van der Waals surface area contributed by atoms with Crippen LogP contribution in [0.4, 0.5) is 0 Å². The predicted molar refractivity (Wildman–Crippen MR) is 107 cm³/mol. The fourth-order valence-electron chi connectivity index (χ4n) is 3.44. The summed E-state index contributed by atoms with van der Waals surface area (Å²) in [4.78, 5) is 12.4. The number of ether oxygens (including phenoxy) is 1. The highest BCUT2D eigenvalue weighted by atomic mass is 16.5. The molecular formula is C23H24N2O2. The number of benzene rings is 2. The molecular weight excluding hydrogens is 336 g/mol. The molecule has 1 N–H and O–H groups in total. The first-order valence-electron chi connectivity index (χ1n) is 9.46. The van der Waals surface area contributed by atoms with Gasteiger partial charge in [-0.1, -0.05) is 48.5 Å². The number of rotatable bonds is 6. The molecule has 0 aliphatic carbocycles. The Morgan fingerprint density at radius 1 is 0.963 bits per heavy atom. The maximum absolute atomic E-state index is 12.4. The highest BCUT2D eigenvalue weighted by Crippen LogP contribution is 2.16. The zero-order valence-electron chi connectivity index (χ0n) is 15.4. The molecule has 0 saturated heterocycles. The molecule has 4 rings (SSSR count). The smallest absolute Gasteiger partial charge is 0.254 e. The van der Waals surface area contributed by atoms with Crippen LogP contribution >= 0.6 is 0 Å². The van der Waals surface area contributed by atoms with Crippen LogP contribution in [0.2, 0.25) is 0 Å². The van der Waals surface area contributed by atoms with E-state index in [2.05, 4.69) is 23.5 Å². The Morgan fingerprint density at radius 2 is 1.85 bits per heavy atom. The molecule has 1 aromatic heterocycles. The molecule has 27 heavy (non-hydrogen) atoms. The van der Waals surface area contributed by atoms with Crippen LogP contribution in [0.3, 0.4) is 0 Å². The van der Waals surface area contributed by atoms with Crippen LogP contribution in [0, 0.1) is 0 Å². The van der Waals surface area contributed by atoms with E-state index in [4.69, 9.17) is 4.74 Å². The summed E-state index contributed by atoms with van der Waals surface area (Å²) in [5, 5.41) is 3.41. The van der Waals surface area contributed by atoms with E-state index in [1.165, 1.54) is 16.7 Å². The summed E-state index contributed by atoms with van der Waals surface area (Å²) in [6, 6.07) is 20.1. The summed E-state index contributed by atoms with van der Waals surface area (Å²) in [6.45, 7) is 3.13. The highest BCUT2D eigenvalue weighted by molar-refractivity contribution is 5.34. The van der Waals surface area contributed by atoms with Crippen molar-refractivity contribution in [2.75, 3.05) is 6.54 Å².